The molecular weight excluding hydrogens is 300 g/mol. The van der Waals surface area contributed by atoms with Crippen LogP contribution in [0.3, 0.4) is 0 Å². The van der Waals surface area contributed by atoms with Crippen LogP contribution in [0.4, 0.5) is 0 Å². The van der Waals surface area contributed by atoms with E-state index in [4.69, 9.17) is 4.74 Å². The molecule has 0 amide bonds. The van der Waals surface area contributed by atoms with E-state index in [1.807, 2.05) is 30.3 Å². The molecule has 1 aliphatic heterocycles. The van der Waals surface area contributed by atoms with Crippen LogP contribution in [0.2, 0.25) is 0 Å². The number of hydrogen-bond donors (Lipinski definition) is 2. The molecule has 1 aromatic heterocycles. The van der Waals surface area contributed by atoms with Gasteiger partial charge in [-0.3, -0.25) is 4.98 Å². The van der Waals surface area contributed by atoms with Crippen molar-refractivity contribution in [2.45, 2.75) is 31.9 Å². The van der Waals surface area contributed by atoms with E-state index in [-0.39, 0.29) is 6.04 Å². The minimum atomic E-state index is -0.567. The first-order valence-electron chi connectivity index (χ1n) is 8.64. The van der Waals surface area contributed by atoms with Gasteiger partial charge in [0.05, 0.1) is 18.7 Å². The van der Waals surface area contributed by atoms with Crippen LogP contribution in [0.15, 0.2) is 43.1 Å². The van der Waals surface area contributed by atoms with Gasteiger partial charge in [0.1, 0.15) is 5.75 Å². The third-order valence-corrected chi connectivity index (χ3v) is 5.29. The average Bonchev–Trinajstić information content (AvgIpc) is 2.65. The Morgan fingerprint density at radius 1 is 1.46 bits per heavy atom. The maximum atomic E-state index is 11.0. The van der Waals surface area contributed by atoms with Gasteiger partial charge in [-0.2, -0.15) is 0 Å². The lowest BCUT2D eigenvalue weighted by Crippen LogP contribution is -2.46. The maximum Gasteiger partial charge on any atom is 0.119 e. The van der Waals surface area contributed by atoms with Crippen molar-refractivity contribution < 1.29 is 9.84 Å². The van der Waals surface area contributed by atoms with E-state index >= 15 is 0 Å². The Balaban J connectivity index is 1.91. The Morgan fingerprint density at radius 2 is 2.29 bits per heavy atom. The van der Waals surface area contributed by atoms with E-state index in [0.717, 1.165) is 41.6 Å². The number of aliphatic hydroxyl groups is 1. The zero-order valence-corrected chi connectivity index (χ0v) is 14.4. The fourth-order valence-electron chi connectivity index (χ4n) is 3.77. The molecule has 4 heteroatoms. The first-order chi connectivity index (χ1) is 11.7. The fraction of sp³-hybridized carbons (Fsp3) is 0.450. The van der Waals surface area contributed by atoms with E-state index in [1.54, 1.807) is 13.3 Å². The monoisotopic (exact) mass is 326 g/mol. The van der Waals surface area contributed by atoms with Crippen molar-refractivity contribution >= 4 is 10.9 Å². The molecule has 0 aliphatic carbocycles. The van der Waals surface area contributed by atoms with Crippen molar-refractivity contribution in [1.29, 1.82) is 0 Å². The van der Waals surface area contributed by atoms with Crippen molar-refractivity contribution in [2.24, 2.45) is 11.8 Å². The number of benzene rings is 1. The molecule has 3 rings (SSSR count). The van der Waals surface area contributed by atoms with Crippen molar-refractivity contribution in [3.8, 4) is 5.75 Å². The number of piperidine rings is 1. The number of methoxy groups -OCH3 is 1. The van der Waals surface area contributed by atoms with Crippen molar-refractivity contribution in [1.82, 2.24) is 10.3 Å². The molecule has 0 saturated carbocycles. The minimum absolute atomic E-state index is 0.0444. The number of nitrogens with one attached hydrogen (secondary N) is 1. The molecule has 1 saturated heterocycles. The van der Waals surface area contributed by atoms with Gasteiger partial charge < -0.3 is 15.2 Å². The van der Waals surface area contributed by atoms with E-state index < -0.39 is 6.10 Å². The summed E-state index contributed by atoms with van der Waals surface area (Å²) in [5.74, 6) is 1.82. The molecule has 1 aromatic carbocycles. The van der Waals surface area contributed by atoms with E-state index in [0.29, 0.717) is 11.8 Å². The summed E-state index contributed by atoms with van der Waals surface area (Å²) in [4.78, 5) is 4.40. The number of aliphatic hydroxyl groups excluding tert-OH is 1. The smallest absolute Gasteiger partial charge is 0.119 e. The molecule has 2 aromatic rings. The molecule has 1 aliphatic rings. The summed E-state index contributed by atoms with van der Waals surface area (Å²) in [7, 11) is 1.65. The van der Waals surface area contributed by atoms with E-state index in [9.17, 15) is 5.11 Å². The predicted octanol–water partition coefficient (Wildman–Crippen LogP) is 3.47. The summed E-state index contributed by atoms with van der Waals surface area (Å²) < 4.78 is 5.33. The fourth-order valence-corrected chi connectivity index (χ4v) is 3.77. The van der Waals surface area contributed by atoms with Crippen LogP contribution >= 0.6 is 0 Å². The van der Waals surface area contributed by atoms with Gasteiger partial charge in [-0.25, -0.2) is 0 Å². The van der Waals surface area contributed by atoms with Gasteiger partial charge in [0, 0.05) is 24.2 Å². The Morgan fingerprint density at radius 3 is 3.00 bits per heavy atom. The first kappa shape index (κ1) is 16.9. The van der Waals surface area contributed by atoms with Gasteiger partial charge in [-0.15, -0.1) is 6.58 Å². The SMILES string of the molecule is C=CC1CN[C@@H]([C@@H](O)c2ccnc3ccc(OC)cc23)CC1CC. The van der Waals surface area contributed by atoms with Crippen LogP contribution in [0.25, 0.3) is 10.9 Å². The molecule has 0 radical (unpaired) electrons. The van der Waals surface area contributed by atoms with Crippen LogP contribution in [-0.2, 0) is 0 Å². The van der Waals surface area contributed by atoms with Gasteiger partial charge in [0.2, 0.25) is 0 Å². The molecule has 0 spiro atoms. The molecule has 128 valence electrons. The number of pyridine rings is 1. The molecule has 2 heterocycles. The van der Waals surface area contributed by atoms with Gasteiger partial charge in [-0.1, -0.05) is 19.4 Å². The Labute approximate surface area is 143 Å². The molecule has 24 heavy (non-hydrogen) atoms. The topological polar surface area (TPSA) is 54.4 Å². The van der Waals surface area contributed by atoms with E-state index in [2.05, 4.69) is 23.8 Å². The summed E-state index contributed by atoms with van der Waals surface area (Å²) in [5, 5.41) is 15.5. The maximum absolute atomic E-state index is 11.0. The summed E-state index contributed by atoms with van der Waals surface area (Å²) in [5.41, 5.74) is 1.78. The molecule has 4 atom stereocenters. The van der Waals surface area contributed by atoms with E-state index in [1.165, 1.54) is 0 Å². The lowest BCUT2D eigenvalue weighted by Gasteiger charge is -2.37. The lowest BCUT2D eigenvalue weighted by atomic mass is 9.79. The number of aromatic nitrogens is 1. The number of ether oxygens (including phenoxy) is 1. The highest BCUT2D eigenvalue weighted by molar-refractivity contribution is 5.83. The van der Waals surface area contributed by atoms with Crippen molar-refractivity contribution in [2.75, 3.05) is 13.7 Å². The number of fused-ring (bicyclic) bond motifs is 1. The third-order valence-electron chi connectivity index (χ3n) is 5.29. The highest BCUT2D eigenvalue weighted by Gasteiger charge is 2.32. The Kier molecular flexibility index (Phi) is 5.17. The van der Waals surface area contributed by atoms with Gasteiger partial charge in [-0.05, 0) is 48.1 Å². The average molecular weight is 326 g/mol. The largest absolute Gasteiger partial charge is 0.497 e. The summed E-state index contributed by atoms with van der Waals surface area (Å²) in [6.07, 6.45) is 5.29. The highest BCUT2D eigenvalue weighted by atomic mass is 16.5. The second-order valence-electron chi connectivity index (χ2n) is 6.55. The molecule has 0 bridgehead atoms. The normalized spacial score (nSPS) is 25.4. The van der Waals surface area contributed by atoms with Gasteiger partial charge in [0.15, 0.2) is 0 Å². The van der Waals surface area contributed by atoms with Crippen molar-refractivity contribution in [3.05, 3.63) is 48.7 Å². The number of nitrogens with zero attached hydrogens (tertiary/aromatic N) is 1. The van der Waals surface area contributed by atoms with Crippen LogP contribution < -0.4 is 10.1 Å². The second-order valence-corrected chi connectivity index (χ2v) is 6.55. The summed E-state index contributed by atoms with van der Waals surface area (Å²) in [6, 6.07) is 7.73. The first-order valence-corrected chi connectivity index (χ1v) is 8.64. The molecule has 4 nitrogen and oxygen atoms in total. The summed E-state index contributed by atoms with van der Waals surface area (Å²) >= 11 is 0. The molecule has 2 N–H and O–H groups in total. The zero-order chi connectivity index (χ0) is 17.1. The molecule has 2 unspecified atom stereocenters. The number of rotatable bonds is 5. The molecular formula is C20H26N2O2. The van der Waals surface area contributed by atoms with Crippen LogP contribution in [-0.4, -0.2) is 29.8 Å². The van der Waals surface area contributed by atoms with Gasteiger partial charge >= 0.3 is 0 Å². The van der Waals surface area contributed by atoms with Crippen LogP contribution in [0, 0.1) is 11.8 Å². The Hall–Kier alpha value is -1.91. The number of hydrogen-bond acceptors (Lipinski definition) is 4. The molecule has 1 fully saturated rings. The van der Waals surface area contributed by atoms with Crippen LogP contribution in [0.5, 0.6) is 5.75 Å². The van der Waals surface area contributed by atoms with Crippen LogP contribution in [0.1, 0.15) is 31.4 Å². The van der Waals surface area contributed by atoms with Gasteiger partial charge in [0.25, 0.3) is 0 Å². The standard InChI is InChI=1S/C20H26N2O2/c1-4-13-10-19(22-12-14(13)5-2)20(23)16-8-9-21-18-7-6-15(24-3)11-17(16)18/h5-9,11,13-14,19-20,22-23H,2,4,10,12H2,1,3H3/t13?,14?,19-,20+/m1/s1. The minimum Gasteiger partial charge on any atom is -0.497 e. The highest BCUT2D eigenvalue weighted by Crippen LogP contribution is 2.34. The predicted molar refractivity (Wildman–Crippen MR) is 97.1 cm³/mol. The van der Waals surface area contributed by atoms with Crippen molar-refractivity contribution in [3.63, 3.8) is 0 Å². The zero-order valence-electron chi connectivity index (χ0n) is 14.4. The summed E-state index contributed by atoms with van der Waals surface area (Å²) in [6.45, 7) is 7.03. The third kappa shape index (κ3) is 3.17. The Bertz CT molecular complexity index is 716. The quantitative estimate of drug-likeness (QED) is 0.826. The lowest BCUT2D eigenvalue weighted by molar-refractivity contribution is 0.0874. The second kappa shape index (κ2) is 7.32.